The number of nitrogens with one attached hydrogen (secondary N) is 2. The molecule has 94 valence electrons. The summed E-state index contributed by atoms with van der Waals surface area (Å²) in [6, 6.07) is 10.0. The number of nitrogens with zero attached hydrogens (tertiary/aromatic N) is 1. The number of fused-ring (bicyclic) bond motifs is 1. The summed E-state index contributed by atoms with van der Waals surface area (Å²) in [6.45, 7) is 3.18. The number of rotatable bonds is 5. The van der Waals surface area contributed by atoms with Gasteiger partial charge in [-0.15, -0.1) is 0 Å². The van der Waals surface area contributed by atoms with E-state index >= 15 is 0 Å². The van der Waals surface area contributed by atoms with Crippen molar-refractivity contribution < 1.29 is 4.79 Å². The summed E-state index contributed by atoms with van der Waals surface area (Å²) in [5.74, 6) is 0.891. The second-order valence-corrected chi connectivity index (χ2v) is 4.01. The minimum atomic E-state index is 0.0604. The predicted molar refractivity (Wildman–Crippen MR) is 73.5 cm³/mol. The van der Waals surface area contributed by atoms with E-state index in [1.165, 1.54) is 0 Å². The summed E-state index contributed by atoms with van der Waals surface area (Å²) < 4.78 is 0. The number of pyridine rings is 1. The van der Waals surface area contributed by atoms with E-state index in [1.807, 2.05) is 37.3 Å². The summed E-state index contributed by atoms with van der Waals surface area (Å²) in [7, 11) is 0. The third-order valence-electron chi connectivity index (χ3n) is 2.69. The first-order valence-corrected chi connectivity index (χ1v) is 6.15. The minimum Gasteiger partial charge on any atom is -0.369 e. The molecular formula is C14H17N3O. The zero-order valence-corrected chi connectivity index (χ0v) is 10.4. The van der Waals surface area contributed by atoms with Crippen LogP contribution in [0.1, 0.15) is 13.3 Å². The van der Waals surface area contributed by atoms with Gasteiger partial charge in [0.2, 0.25) is 5.91 Å². The number of amides is 1. The van der Waals surface area contributed by atoms with Gasteiger partial charge in [-0.25, -0.2) is 4.98 Å². The highest BCUT2D eigenvalue weighted by Gasteiger charge is 2.02. The molecule has 0 atom stereocenters. The van der Waals surface area contributed by atoms with Crippen molar-refractivity contribution in [2.75, 3.05) is 18.4 Å². The molecule has 0 bridgehead atoms. The third-order valence-corrected chi connectivity index (χ3v) is 2.69. The molecule has 2 aromatic rings. The molecular weight excluding hydrogens is 226 g/mol. The van der Waals surface area contributed by atoms with Gasteiger partial charge in [-0.1, -0.05) is 24.3 Å². The summed E-state index contributed by atoms with van der Waals surface area (Å²) in [4.78, 5) is 15.6. The third kappa shape index (κ3) is 2.97. The molecule has 1 heterocycles. The Morgan fingerprint density at radius 2 is 2.11 bits per heavy atom. The van der Waals surface area contributed by atoms with E-state index in [-0.39, 0.29) is 5.91 Å². The Balaban J connectivity index is 2.01. The molecule has 2 rings (SSSR count). The SMILES string of the molecule is CCNC(=O)CCNc1nccc2ccccc12. The zero-order chi connectivity index (χ0) is 12.8. The molecule has 0 radical (unpaired) electrons. The number of aromatic nitrogens is 1. The standard InChI is InChI=1S/C14H17N3O/c1-2-15-13(18)8-10-17-14-12-6-4-3-5-11(12)7-9-16-14/h3-7,9H,2,8,10H2,1H3,(H,15,18)(H,16,17). The van der Waals surface area contributed by atoms with Crippen molar-refractivity contribution in [3.63, 3.8) is 0 Å². The molecule has 2 N–H and O–H groups in total. The van der Waals surface area contributed by atoms with Crippen molar-refractivity contribution in [3.8, 4) is 0 Å². The van der Waals surface area contributed by atoms with Gasteiger partial charge in [0.1, 0.15) is 5.82 Å². The molecule has 18 heavy (non-hydrogen) atoms. The summed E-state index contributed by atoms with van der Waals surface area (Å²) in [6.07, 6.45) is 2.23. The normalized spacial score (nSPS) is 10.3. The van der Waals surface area contributed by atoms with Gasteiger partial charge in [-0.05, 0) is 18.4 Å². The number of carbonyl (C=O) groups excluding carboxylic acids is 1. The zero-order valence-electron chi connectivity index (χ0n) is 10.4. The van der Waals surface area contributed by atoms with Gasteiger partial charge in [-0.3, -0.25) is 4.79 Å². The molecule has 4 nitrogen and oxygen atoms in total. The van der Waals surface area contributed by atoms with Gasteiger partial charge in [-0.2, -0.15) is 0 Å². The van der Waals surface area contributed by atoms with Gasteiger partial charge in [0.05, 0.1) is 0 Å². The van der Waals surface area contributed by atoms with Gasteiger partial charge >= 0.3 is 0 Å². The second kappa shape index (κ2) is 6.00. The lowest BCUT2D eigenvalue weighted by atomic mass is 10.1. The van der Waals surface area contributed by atoms with Crippen LogP contribution in [0.5, 0.6) is 0 Å². The van der Waals surface area contributed by atoms with Crippen molar-refractivity contribution in [1.82, 2.24) is 10.3 Å². The Labute approximate surface area is 106 Å². The molecule has 0 aliphatic heterocycles. The van der Waals surface area contributed by atoms with E-state index in [0.29, 0.717) is 19.5 Å². The monoisotopic (exact) mass is 243 g/mol. The summed E-state index contributed by atoms with van der Waals surface area (Å²) in [5.41, 5.74) is 0. The summed E-state index contributed by atoms with van der Waals surface area (Å²) in [5, 5.41) is 8.20. The van der Waals surface area contributed by atoms with Crippen LogP contribution in [0.4, 0.5) is 5.82 Å². The number of anilines is 1. The van der Waals surface area contributed by atoms with Gasteiger partial charge in [0.25, 0.3) is 0 Å². The minimum absolute atomic E-state index is 0.0604. The highest BCUT2D eigenvalue weighted by molar-refractivity contribution is 5.91. The van der Waals surface area contributed by atoms with Crippen LogP contribution in [0.15, 0.2) is 36.5 Å². The number of carbonyl (C=O) groups is 1. The maximum atomic E-state index is 11.3. The first-order valence-electron chi connectivity index (χ1n) is 6.15. The smallest absolute Gasteiger partial charge is 0.221 e. The molecule has 4 heteroatoms. The van der Waals surface area contributed by atoms with E-state index in [0.717, 1.165) is 16.6 Å². The van der Waals surface area contributed by atoms with Gasteiger partial charge in [0.15, 0.2) is 0 Å². The van der Waals surface area contributed by atoms with E-state index < -0.39 is 0 Å². The first-order chi connectivity index (χ1) is 8.81. The highest BCUT2D eigenvalue weighted by Crippen LogP contribution is 2.19. The fourth-order valence-electron chi connectivity index (χ4n) is 1.84. The summed E-state index contributed by atoms with van der Waals surface area (Å²) >= 11 is 0. The number of hydrogen-bond donors (Lipinski definition) is 2. The van der Waals surface area contributed by atoms with Crippen LogP contribution >= 0.6 is 0 Å². The Bertz CT molecular complexity index is 534. The van der Waals surface area contributed by atoms with Crippen LogP contribution < -0.4 is 10.6 Å². The molecule has 0 saturated heterocycles. The number of benzene rings is 1. The van der Waals surface area contributed by atoms with Crippen LogP contribution in [0, 0.1) is 0 Å². The van der Waals surface area contributed by atoms with E-state index in [9.17, 15) is 4.79 Å². The van der Waals surface area contributed by atoms with Crippen molar-refractivity contribution in [2.24, 2.45) is 0 Å². The quantitative estimate of drug-likeness (QED) is 0.846. The van der Waals surface area contributed by atoms with Crippen LogP contribution in [0.25, 0.3) is 10.8 Å². The first kappa shape index (κ1) is 12.4. The average Bonchev–Trinajstić information content (AvgIpc) is 2.39. The molecule has 0 spiro atoms. The van der Waals surface area contributed by atoms with E-state index in [2.05, 4.69) is 15.6 Å². The maximum Gasteiger partial charge on any atom is 0.221 e. The topological polar surface area (TPSA) is 54.0 Å². The maximum absolute atomic E-state index is 11.3. The largest absolute Gasteiger partial charge is 0.369 e. The predicted octanol–water partition coefficient (Wildman–Crippen LogP) is 2.17. The van der Waals surface area contributed by atoms with Crippen molar-refractivity contribution in [1.29, 1.82) is 0 Å². The molecule has 0 fully saturated rings. The van der Waals surface area contributed by atoms with Crippen LogP contribution in [0.3, 0.4) is 0 Å². The van der Waals surface area contributed by atoms with Crippen LogP contribution in [-0.2, 0) is 4.79 Å². The molecule has 0 unspecified atom stereocenters. The van der Waals surface area contributed by atoms with Gasteiger partial charge < -0.3 is 10.6 Å². The Hall–Kier alpha value is -2.10. The molecule has 0 aliphatic rings. The fraction of sp³-hybridized carbons (Fsp3) is 0.286. The van der Waals surface area contributed by atoms with Crippen molar-refractivity contribution in [3.05, 3.63) is 36.5 Å². The van der Waals surface area contributed by atoms with Gasteiger partial charge in [0, 0.05) is 31.1 Å². The fourth-order valence-corrected chi connectivity index (χ4v) is 1.84. The lowest BCUT2D eigenvalue weighted by molar-refractivity contribution is -0.120. The number of hydrogen-bond acceptors (Lipinski definition) is 3. The van der Waals surface area contributed by atoms with E-state index in [1.54, 1.807) is 6.20 Å². The van der Waals surface area contributed by atoms with Crippen molar-refractivity contribution >= 4 is 22.5 Å². The van der Waals surface area contributed by atoms with Crippen molar-refractivity contribution in [2.45, 2.75) is 13.3 Å². The average molecular weight is 243 g/mol. The molecule has 1 aromatic heterocycles. The van der Waals surface area contributed by atoms with E-state index in [4.69, 9.17) is 0 Å². The Morgan fingerprint density at radius 1 is 1.28 bits per heavy atom. The van der Waals surface area contributed by atoms with Crippen LogP contribution in [0.2, 0.25) is 0 Å². The second-order valence-electron chi connectivity index (χ2n) is 4.01. The lowest BCUT2D eigenvalue weighted by Crippen LogP contribution is -2.24. The highest BCUT2D eigenvalue weighted by atomic mass is 16.1. The lowest BCUT2D eigenvalue weighted by Gasteiger charge is -2.08. The Morgan fingerprint density at radius 3 is 2.94 bits per heavy atom. The molecule has 0 saturated carbocycles. The molecule has 1 aromatic carbocycles. The van der Waals surface area contributed by atoms with Crippen LogP contribution in [-0.4, -0.2) is 24.0 Å². The molecule has 0 aliphatic carbocycles. The molecule has 1 amide bonds. The Kier molecular flexibility index (Phi) is 4.12.